The molecule has 57 heavy (non-hydrogen) atoms. The average Bonchev–Trinajstić information content (AvgIpc) is 3.16. The van der Waals surface area contributed by atoms with Crippen LogP contribution < -0.4 is 5.32 Å². The average molecular weight is 830 g/mol. The van der Waals surface area contributed by atoms with Crippen LogP contribution >= 0.6 is 7.82 Å². The fourth-order valence-corrected chi connectivity index (χ4v) is 8.07. The molecule has 0 saturated heterocycles. The molecular formula is C48H98N2O6P+. The Labute approximate surface area is 354 Å². The van der Waals surface area contributed by atoms with Crippen molar-refractivity contribution in [2.45, 2.75) is 251 Å². The number of rotatable bonds is 45. The lowest BCUT2D eigenvalue weighted by molar-refractivity contribution is -0.870. The van der Waals surface area contributed by atoms with E-state index in [0.29, 0.717) is 23.9 Å². The minimum absolute atomic E-state index is 0.0751. The van der Waals surface area contributed by atoms with Gasteiger partial charge in [-0.1, -0.05) is 206 Å². The van der Waals surface area contributed by atoms with Gasteiger partial charge in [0.05, 0.1) is 39.9 Å². The smallest absolute Gasteiger partial charge is 0.391 e. The Morgan fingerprint density at radius 1 is 0.579 bits per heavy atom. The quantitative estimate of drug-likeness (QED) is 0.0244. The van der Waals surface area contributed by atoms with Crippen molar-refractivity contribution in [2.75, 3.05) is 40.9 Å². The zero-order valence-corrected chi connectivity index (χ0v) is 39.5. The van der Waals surface area contributed by atoms with Crippen molar-refractivity contribution < 1.29 is 32.9 Å². The predicted octanol–water partition coefficient (Wildman–Crippen LogP) is 13.9. The molecule has 3 N–H and O–H groups in total. The monoisotopic (exact) mass is 830 g/mol. The third-order valence-electron chi connectivity index (χ3n) is 11.3. The Morgan fingerprint density at radius 2 is 0.947 bits per heavy atom. The topological polar surface area (TPSA) is 105 Å². The minimum Gasteiger partial charge on any atom is -0.391 e. The van der Waals surface area contributed by atoms with E-state index in [1.54, 1.807) is 0 Å². The van der Waals surface area contributed by atoms with Crippen LogP contribution in [0.4, 0.5) is 0 Å². The molecular weight excluding hydrogens is 732 g/mol. The Kier molecular flexibility index (Phi) is 40.1. The molecule has 0 spiro atoms. The summed E-state index contributed by atoms with van der Waals surface area (Å²) in [6, 6.07) is -0.761. The van der Waals surface area contributed by atoms with Crippen LogP contribution in [0.2, 0.25) is 0 Å². The number of quaternary nitrogens is 1. The van der Waals surface area contributed by atoms with Crippen molar-refractivity contribution >= 4 is 13.7 Å². The van der Waals surface area contributed by atoms with Crippen LogP contribution in [0.1, 0.15) is 239 Å². The first kappa shape index (κ1) is 56.2. The molecule has 3 unspecified atom stereocenters. The number of hydrogen-bond donors (Lipinski definition) is 3. The molecule has 1 amide bonds. The van der Waals surface area contributed by atoms with Crippen molar-refractivity contribution in [2.24, 2.45) is 0 Å². The molecule has 0 bridgehead atoms. The van der Waals surface area contributed by atoms with Crippen LogP contribution in [-0.2, 0) is 18.4 Å². The lowest BCUT2D eigenvalue weighted by atomic mass is 10.0. The highest BCUT2D eigenvalue weighted by Gasteiger charge is 2.28. The van der Waals surface area contributed by atoms with Gasteiger partial charge in [0.2, 0.25) is 5.91 Å². The molecule has 0 saturated carbocycles. The van der Waals surface area contributed by atoms with Gasteiger partial charge in [-0.15, -0.1) is 0 Å². The summed E-state index contributed by atoms with van der Waals surface area (Å²) in [7, 11) is 1.62. The summed E-state index contributed by atoms with van der Waals surface area (Å²) in [6.45, 7) is 4.89. The number of unbranched alkanes of at least 4 members (excludes halogenated alkanes) is 30. The number of phosphoric acid groups is 1. The zero-order chi connectivity index (χ0) is 42.1. The first-order valence-corrected chi connectivity index (χ1v) is 26.0. The van der Waals surface area contributed by atoms with Crippen LogP contribution in [0.3, 0.4) is 0 Å². The van der Waals surface area contributed by atoms with E-state index >= 15 is 0 Å². The molecule has 0 fully saturated rings. The van der Waals surface area contributed by atoms with Gasteiger partial charge in [0.1, 0.15) is 13.2 Å². The molecule has 0 radical (unpaired) electrons. The molecule has 0 aliphatic heterocycles. The number of likely N-dealkylation sites (N-methyl/N-ethyl adjacent to an activating group) is 1. The number of amides is 1. The van der Waals surface area contributed by atoms with Gasteiger partial charge in [-0.25, -0.2) is 4.57 Å². The summed E-state index contributed by atoms with van der Waals surface area (Å²) >= 11 is 0. The van der Waals surface area contributed by atoms with E-state index < -0.39 is 20.0 Å². The highest BCUT2D eigenvalue weighted by atomic mass is 31.2. The number of aliphatic hydroxyl groups is 1. The van der Waals surface area contributed by atoms with Gasteiger partial charge < -0.3 is 19.8 Å². The summed E-state index contributed by atoms with van der Waals surface area (Å²) < 4.78 is 23.7. The van der Waals surface area contributed by atoms with E-state index in [0.717, 1.165) is 51.4 Å². The zero-order valence-electron chi connectivity index (χ0n) is 38.6. The highest BCUT2D eigenvalue weighted by molar-refractivity contribution is 7.47. The van der Waals surface area contributed by atoms with Gasteiger partial charge >= 0.3 is 7.82 Å². The largest absolute Gasteiger partial charge is 0.472 e. The highest BCUT2D eigenvalue weighted by Crippen LogP contribution is 2.43. The van der Waals surface area contributed by atoms with Crippen molar-refractivity contribution in [3.8, 4) is 0 Å². The lowest BCUT2D eigenvalue weighted by Crippen LogP contribution is -2.46. The van der Waals surface area contributed by atoms with Crippen LogP contribution in [0.5, 0.6) is 0 Å². The first-order valence-electron chi connectivity index (χ1n) is 24.6. The standard InChI is InChI=1S/C48H97N2O6P/c1-6-8-10-12-14-16-18-20-22-23-24-25-26-27-28-29-31-33-35-37-39-41-47(51)46(45-56-57(53,54)55-44-43-50(3,4)5)49-48(52)42-40-38-36-34-32-30-21-19-17-15-13-11-9-7-2/h19,21,46-47,51H,6-18,20,22-45H2,1-5H3,(H-,49,52,53,54)/p+1/b21-19-. The number of hydrogen-bond acceptors (Lipinski definition) is 5. The fraction of sp³-hybridized carbons (Fsp3) is 0.938. The van der Waals surface area contributed by atoms with Gasteiger partial charge in [0.15, 0.2) is 0 Å². The Hall–Kier alpha value is -0.760. The molecule has 3 atom stereocenters. The number of nitrogens with one attached hydrogen (secondary N) is 1. The molecule has 0 aliphatic rings. The molecule has 0 aliphatic carbocycles. The minimum atomic E-state index is -4.31. The molecule has 8 nitrogen and oxygen atoms in total. The fourth-order valence-electron chi connectivity index (χ4n) is 7.34. The molecule has 0 aromatic carbocycles. The summed E-state index contributed by atoms with van der Waals surface area (Å²) in [5.74, 6) is -0.151. The van der Waals surface area contributed by atoms with Crippen LogP contribution in [0.15, 0.2) is 12.2 Å². The van der Waals surface area contributed by atoms with Gasteiger partial charge in [-0.2, -0.15) is 0 Å². The molecule has 340 valence electrons. The number of nitrogens with zero attached hydrogens (tertiary/aromatic N) is 1. The summed E-state index contributed by atoms with van der Waals surface area (Å²) in [4.78, 5) is 23.2. The van der Waals surface area contributed by atoms with E-state index in [2.05, 4.69) is 31.3 Å². The predicted molar refractivity (Wildman–Crippen MR) is 245 cm³/mol. The second-order valence-corrected chi connectivity index (χ2v) is 19.6. The maximum Gasteiger partial charge on any atom is 0.472 e. The molecule has 0 heterocycles. The third kappa shape index (κ3) is 43.1. The molecule has 9 heteroatoms. The number of carbonyl (C=O) groups excluding carboxylic acids is 1. The normalized spacial score (nSPS) is 14.3. The van der Waals surface area contributed by atoms with Crippen LogP contribution in [0, 0.1) is 0 Å². The molecule has 0 aromatic heterocycles. The lowest BCUT2D eigenvalue weighted by Gasteiger charge is -2.26. The van der Waals surface area contributed by atoms with Gasteiger partial charge in [0, 0.05) is 6.42 Å². The Morgan fingerprint density at radius 3 is 1.35 bits per heavy atom. The Balaban J connectivity index is 4.25. The number of aliphatic hydroxyl groups excluding tert-OH is 1. The van der Waals surface area contributed by atoms with Crippen LogP contribution in [-0.4, -0.2) is 73.4 Å². The Bertz CT molecular complexity index is 942. The molecule has 0 rings (SSSR count). The second-order valence-electron chi connectivity index (χ2n) is 18.2. The molecule has 0 aromatic rings. The maximum atomic E-state index is 12.9. The van der Waals surface area contributed by atoms with Gasteiger partial charge in [0.25, 0.3) is 0 Å². The van der Waals surface area contributed by atoms with E-state index in [1.807, 2.05) is 21.1 Å². The summed E-state index contributed by atoms with van der Waals surface area (Å²) in [5.41, 5.74) is 0. The van der Waals surface area contributed by atoms with Gasteiger partial charge in [-0.3, -0.25) is 13.8 Å². The van der Waals surface area contributed by atoms with Crippen molar-refractivity contribution in [3.63, 3.8) is 0 Å². The SMILES string of the molecule is CCCCCCC/C=C\CCCCCCCC(=O)NC(COP(=O)(O)OCC[N+](C)(C)C)C(O)CCCCCCCCCCCCCCCCCCCCCCC. The third-order valence-corrected chi connectivity index (χ3v) is 12.2. The van der Waals surface area contributed by atoms with Crippen molar-refractivity contribution in [1.29, 1.82) is 0 Å². The van der Waals surface area contributed by atoms with E-state index in [4.69, 9.17) is 9.05 Å². The number of allylic oxidation sites excluding steroid dienone is 2. The van der Waals surface area contributed by atoms with E-state index in [-0.39, 0.29) is 19.1 Å². The first-order chi connectivity index (χ1) is 27.5. The second kappa shape index (κ2) is 40.6. The maximum absolute atomic E-state index is 12.9. The van der Waals surface area contributed by atoms with Crippen molar-refractivity contribution in [1.82, 2.24) is 5.32 Å². The van der Waals surface area contributed by atoms with Crippen molar-refractivity contribution in [3.05, 3.63) is 12.2 Å². The van der Waals surface area contributed by atoms with Crippen LogP contribution in [0.25, 0.3) is 0 Å². The van der Waals surface area contributed by atoms with Gasteiger partial charge in [-0.05, 0) is 38.5 Å². The summed E-state index contributed by atoms with van der Waals surface area (Å²) in [5, 5.41) is 14.0. The summed E-state index contributed by atoms with van der Waals surface area (Å²) in [6.07, 6.45) is 46.7. The number of carbonyl (C=O) groups is 1. The van der Waals surface area contributed by atoms with E-state index in [1.165, 1.54) is 161 Å². The van der Waals surface area contributed by atoms with E-state index in [9.17, 15) is 19.4 Å². The number of phosphoric ester groups is 1.